The Hall–Kier alpha value is -6.82. The predicted molar refractivity (Wildman–Crippen MR) is 263 cm³/mol. The smallest absolute Gasteiger partial charge is 0.123 e. The van der Waals surface area contributed by atoms with E-state index < -0.39 is 0 Å². The highest BCUT2D eigenvalue weighted by atomic mass is 16.5. The molecule has 10 heteroatoms. The van der Waals surface area contributed by atoms with Gasteiger partial charge in [0.2, 0.25) is 0 Å². The second-order valence-electron chi connectivity index (χ2n) is 16.2. The monoisotopic (exact) mass is 918 g/mol. The zero-order valence-corrected chi connectivity index (χ0v) is 38.7. The molecule has 0 saturated heterocycles. The summed E-state index contributed by atoms with van der Waals surface area (Å²) < 4.78 is 55.2. The second-order valence-corrected chi connectivity index (χ2v) is 16.2. The molecular weight excluding hydrogens is 857 g/mol. The van der Waals surface area contributed by atoms with Crippen molar-refractivity contribution < 1.29 is 47.7 Å². The molecule has 10 nitrogen and oxygen atoms in total. The van der Waals surface area contributed by atoms with Gasteiger partial charge < -0.3 is 47.7 Å². The van der Waals surface area contributed by atoms with Gasteiger partial charge in [0, 0.05) is 44.3 Å². The maximum absolute atomic E-state index is 9.23. The lowest BCUT2D eigenvalue weighted by Crippen LogP contribution is -2.06. The quantitative estimate of drug-likeness (QED) is 0.0423. The Labute approximate surface area is 400 Å². The molecule has 1 N–H and O–H groups in total. The minimum atomic E-state index is 0.0784. The average molecular weight is 919 g/mol. The van der Waals surface area contributed by atoms with Gasteiger partial charge in [0.25, 0.3) is 0 Å². The Balaban J connectivity index is 0.872. The third kappa shape index (κ3) is 18.1. The van der Waals surface area contributed by atoms with Crippen LogP contribution in [-0.4, -0.2) is 44.7 Å². The zero-order valence-electron chi connectivity index (χ0n) is 38.7. The summed E-state index contributed by atoms with van der Waals surface area (Å²) in [5.41, 5.74) is 7.18. The molecule has 0 atom stereocenters. The second kappa shape index (κ2) is 28.4. The number of benzene rings is 7. The van der Waals surface area contributed by atoms with E-state index in [2.05, 4.69) is 0 Å². The van der Waals surface area contributed by atoms with Gasteiger partial charge in [0.05, 0.1) is 46.2 Å². The molecule has 0 heterocycles. The number of hydrogen-bond acceptors (Lipinski definition) is 10. The molecule has 0 aliphatic heterocycles. The lowest BCUT2D eigenvalue weighted by Gasteiger charge is -2.14. The van der Waals surface area contributed by atoms with Crippen LogP contribution in [0, 0.1) is 0 Å². The Kier molecular flexibility index (Phi) is 20.5. The van der Waals surface area contributed by atoms with Gasteiger partial charge in [0.1, 0.15) is 60.9 Å². The minimum absolute atomic E-state index is 0.0784. The van der Waals surface area contributed by atoms with Crippen molar-refractivity contribution in [3.8, 4) is 34.5 Å². The average Bonchev–Trinajstić information content (AvgIpc) is 3.38. The van der Waals surface area contributed by atoms with Crippen molar-refractivity contribution in [3.05, 3.63) is 215 Å². The van der Waals surface area contributed by atoms with Gasteiger partial charge in [-0.3, -0.25) is 0 Å². The number of rotatable bonds is 31. The maximum atomic E-state index is 9.23. The highest BCUT2D eigenvalue weighted by molar-refractivity contribution is 5.41. The van der Waals surface area contributed by atoms with Crippen molar-refractivity contribution in [2.45, 2.75) is 65.5 Å². The van der Waals surface area contributed by atoms with Gasteiger partial charge in [-0.1, -0.05) is 121 Å². The molecule has 7 rings (SSSR count). The first kappa shape index (κ1) is 49.1. The summed E-state index contributed by atoms with van der Waals surface area (Å²) in [7, 11) is 0. The van der Waals surface area contributed by atoms with Crippen molar-refractivity contribution in [2.24, 2.45) is 0 Å². The predicted octanol–water partition coefficient (Wildman–Crippen LogP) is 11.9. The molecule has 7 aromatic rings. The Bertz CT molecular complexity index is 2180. The Morgan fingerprint density at radius 2 is 0.515 bits per heavy atom. The van der Waals surface area contributed by atoms with Gasteiger partial charge >= 0.3 is 0 Å². The fourth-order valence-corrected chi connectivity index (χ4v) is 7.04. The number of hydrogen-bond donors (Lipinski definition) is 1. The maximum Gasteiger partial charge on any atom is 0.123 e. The molecule has 0 aliphatic carbocycles. The van der Waals surface area contributed by atoms with E-state index in [1.807, 2.05) is 176 Å². The van der Waals surface area contributed by atoms with Crippen LogP contribution in [0.5, 0.6) is 34.5 Å². The van der Waals surface area contributed by atoms with E-state index in [0.29, 0.717) is 110 Å². The topological polar surface area (TPSA) is 103 Å². The Morgan fingerprint density at radius 1 is 0.250 bits per heavy atom. The van der Waals surface area contributed by atoms with Crippen molar-refractivity contribution in [2.75, 3.05) is 39.6 Å². The third-order valence-electron chi connectivity index (χ3n) is 10.5. The van der Waals surface area contributed by atoms with E-state index in [-0.39, 0.29) is 6.61 Å². The molecule has 0 unspecified atom stereocenters. The van der Waals surface area contributed by atoms with E-state index in [1.165, 1.54) is 0 Å². The molecule has 68 heavy (non-hydrogen) atoms. The van der Waals surface area contributed by atoms with Crippen LogP contribution in [0.4, 0.5) is 0 Å². The van der Waals surface area contributed by atoms with Gasteiger partial charge in [0.15, 0.2) is 0 Å². The lowest BCUT2D eigenvalue weighted by molar-refractivity contribution is 0.102. The van der Waals surface area contributed by atoms with Gasteiger partial charge in [-0.15, -0.1) is 0 Å². The molecule has 0 saturated carbocycles. The number of aliphatic hydroxyl groups is 1. The Morgan fingerprint density at radius 3 is 0.794 bits per heavy atom. The fourth-order valence-electron chi connectivity index (χ4n) is 7.04. The molecule has 0 aliphatic rings. The molecule has 354 valence electrons. The molecule has 0 spiro atoms. The molecule has 7 aromatic carbocycles. The van der Waals surface area contributed by atoms with Gasteiger partial charge in [-0.2, -0.15) is 0 Å². The van der Waals surface area contributed by atoms with Crippen molar-refractivity contribution in [1.82, 2.24) is 0 Å². The number of ether oxygens (including phenoxy) is 9. The highest BCUT2D eigenvalue weighted by Crippen LogP contribution is 2.28. The van der Waals surface area contributed by atoms with Gasteiger partial charge in [-0.05, 0) is 81.8 Å². The first-order chi connectivity index (χ1) is 33.6. The summed E-state index contributed by atoms with van der Waals surface area (Å²) >= 11 is 0. The first-order valence-corrected chi connectivity index (χ1v) is 23.3. The third-order valence-corrected chi connectivity index (χ3v) is 10.5. The molecular formula is C58H62O10. The van der Waals surface area contributed by atoms with Crippen molar-refractivity contribution >= 4 is 0 Å². The standard InChI is InChI=1S/C58H62O10/c59-24-13-25-60-39-50-30-53(63-28-14-26-61-40-51-32-55(65-42-46-16-5-1-6-17-46)37-56(33-51)66-43-47-18-7-2-8-19-47)36-54(31-50)64-29-15-27-62-41-52-34-57(67-44-48-20-9-3-10-21-48)38-58(35-52)68-45-49-22-11-4-12-23-49/h1-12,16-23,30-38,59H,13-15,24-29,39-45H2. The summed E-state index contributed by atoms with van der Waals surface area (Å²) in [6.45, 7) is 5.40. The summed E-state index contributed by atoms with van der Waals surface area (Å²) in [5.74, 6) is 4.25. The van der Waals surface area contributed by atoms with Gasteiger partial charge in [-0.25, -0.2) is 0 Å². The number of aliphatic hydroxyl groups excluding tert-OH is 1. The highest BCUT2D eigenvalue weighted by Gasteiger charge is 2.10. The van der Waals surface area contributed by atoms with Crippen LogP contribution in [-0.2, 0) is 60.5 Å². The fraction of sp³-hybridized carbons (Fsp3) is 0.276. The van der Waals surface area contributed by atoms with E-state index in [1.54, 1.807) is 0 Å². The van der Waals surface area contributed by atoms with Crippen LogP contribution < -0.4 is 28.4 Å². The van der Waals surface area contributed by atoms with E-state index >= 15 is 0 Å². The summed E-state index contributed by atoms with van der Waals surface area (Å²) in [5, 5.41) is 9.23. The van der Waals surface area contributed by atoms with Crippen molar-refractivity contribution in [3.63, 3.8) is 0 Å². The van der Waals surface area contributed by atoms with Crippen molar-refractivity contribution in [1.29, 1.82) is 0 Å². The van der Waals surface area contributed by atoms with Crippen LogP contribution in [0.1, 0.15) is 58.2 Å². The van der Waals surface area contributed by atoms with E-state index in [4.69, 9.17) is 42.6 Å². The van der Waals surface area contributed by atoms with E-state index in [0.717, 1.165) is 61.9 Å². The van der Waals surface area contributed by atoms with E-state index in [9.17, 15) is 5.11 Å². The molecule has 0 amide bonds. The normalized spacial score (nSPS) is 11.0. The molecule has 0 fully saturated rings. The zero-order chi connectivity index (χ0) is 46.7. The van der Waals surface area contributed by atoms with Crippen LogP contribution in [0.15, 0.2) is 176 Å². The van der Waals surface area contributed by atoms with Crippen LogP contribution >= 0.6 is 0 Å². The van der Waals surface area contributed by atoms with Crippen LogP contribution in [0.25, 0.3) is 0 Å². The largest absolute Gasteiger partial charge is 0.493 e. The summed E-state index contributed by atoms with van der Waals surface area (Å²) in [6, 6.07) is 58.0. The minimum Gasteiger partial charge on any atom is -0.493 e. The molecule has 0 radical (unpaired) electrons. The summed E-state index contributed by atoms with van der Waals surface area (Å²) in [4.78, 5) is 0. The SMILES string of the molecule is OCCCOCc1cc(OCCCOCc2cc(OCc3ccccc3)cc(OCc3ccccc3)c2)cc(OCCCOCc2cc(OCc3ccccc3)cc(OCc3ccccc3)c2)c1. The molecule has 0 bridgehead atoms. The first-order valence-electron chi connectivity index (χ1n) is 23.3. The lowest BCUT2D eigenvalue weighted by atomic mass is 10.2. The molecule has 0 aromatic heterocycles. The van der Waals surface area contributed by atoms with Crippen LogP contribution in [0.2, 0.25) is 0 Å². The summed E-state index contributed by atoms with van der Waals surface area (Å²) in [6.07, 6.45) is 1.92. The van der Waals surface area contributed by atoms with Crippen LogP contribution in [0.3, 0.4) is 0 Å².